The number of nitrogens with zero attached hydrogens (tertiary/aromatic N) is 3. The third-order valence-electron chi connectivity index (χ3n) is 2.27. The lowest BCUT2D eigenvalue weighted by Gasteiger charge is -2.19. The first-order valence-corrected chi connectivity index (χ1v) is 5.45. The Morgan fingerprint density at radius 2 is 2.44 bits per heavy atom. The highest BCUT2D eigenvalue weighted by atomic mass is 16.2. The molecule has 0 spiro atoms. The van der Waals surface area contributed by atoms with Gasteiger partial charge in [-0.2, -0.15) is 0 Å². The summed E-state index contributed by atoms with van der Waals surface area (Å²) >= 11 is 0. The van der Waals surface area contributed by atoms with Gasteiger partial charge in [-0.25, -0.2) is 4.98 Å². The predicted octanol–water partition coefficient (Wildman–Crippen LogP) is 1.14. The monoisotopic (exact) mass is 219 g/mol. The molecule has 0 N–H and O–H groups in total. The number of carbonyl (C=O) groups excluding carboxylic acids is 1. The van der Waals surface area contributed by atoms with Crippen LogP contribution in [0.3, 0.4) is 0 Å². The summed E-state index contributed by atoms with van der Waals surface area (Å²) in [6, 6.07) is 0. The molecule has 0 radical (unpaired) electrons. The Bertz CT molecular complexity index is 351. The summed E-state index contributed by atoms with van der Waals surface area (Å²) in [5.41, 5.74) is 0. The number of rotatable bonds is 6. The molecule has 1 rings (SSSR count). The van der Waals surface area contributed by atoms with Gasteiger partial charge in [-0.15, -0.1) is 6.42 Å². The van der Waals surface area contributed by atoms with Crippen LogP contribution < -0.4 is 0 Å². The van der Waals surface area contributed by atoms with E-state index in [1.807, 2.05) is 17.7 Å². The van der Waals surface area contributed by atoms with Gasteiger partial charge in [0.2, 0.25) is 5.91 Å². The van der Waals surface area contributed by atoms with Crippen LogP contribution in [-0.4, -0.2) is 33.4 Å². The van der Waals surface area contributed by atoms with E-state index in [0.29, 0.717) is 19.5 Å². The number of imidazole rings is 1. The number of hydrogen-bond donors (Lipinski definition) is 0. The van der Waals surface area contributed by atoms with Gasteiger partial charge in [0, 0.05) is 31.9 Å². The van der Waals surface area contributed by atoms with Crippen LogP contribution in [0, 0.1) is 12.3 Å². The minimum Gasteiger partial charge on any atom is -0.337 e. The third kappa shape index (κ3) is 3.77. The Morgan fingerprint density at radius 1 is 1.62 bits per heavy atom. The van der Waals surface area contributed by atoms with Crippen molar-refractivity contribution in [1.29, 1.82) is 0 Å². The molecule has 1 aromatic rings. The topological polar surface area (TPSA) is 38.1 Å². The summed E-state index contributed by atoms with van der Waals surface area (Å²) in [4.78, 5) is 17.5. The zero-order valence-electron chi connectivity index (χ0n) is 9.59. The molecular formula is C12H17N3O. The number of amides is 1. The van der Waals surface area contributed by atoms with Crippen molar-refractivity contribution < 1.29 is 4.79 Å². The van der Waals surface area contributed by atoms with Crippen molar-refractivity contribution in [2.24, 2.45) is 0 Å². The van der Waals surface area contributed by atoms with Gasteiger partial charge in [0.1, 0.15) is 0 Å². The van der Waals surface area contributed by atoms with Crippen molar-refractivity contribution in [3.63, 3.8) is 0 Å². The summed E-state index contributed by atoms with van der Waals surface area (Å²) in [6.45, 7) is 3.82. The van der Waals surface area contributed by atoms with Gasteiger partial charge >= 0.3 is 0 Å². The Hall–Kier alpha value is -1.76. The average molecular weight is 219 g/mol. The lowest BCUT2D eigenvalue weighted by atomic mass is 10.3. The fourth-order valence-electron chi connectivity index (χ4n) is 1.47. The van der Waals surface area contributed by atoms with Crippen LogP contribution in [0.2, 0.25) is 0 Å². The SMILES string of the molecule is C#CCN(CCC)C(=O)CCn1ccnc1. The second-order valence-corrected chi connectivity index (χ2v) is 3.57. The Labute approximate surface area is 96.3 Å². The number of hydrogen-bond acceptors (Lipinski definition) is 2. The van der Waals surface area contributed by atoms with Crippen molar-refractivity contribution in [2.75, 3.05) is 13.1 Å². The molecule has 86 valence electrons. The van der Waals surface area contributed by atoms with E-state index < -0.39 is 0 Å². The zero-order valence-corrected chi connectivity index (χ0v) is 9.59. The molecule has 0 aliphatic carbocycles. The maximum absolute atomic E-state index is 11.8. The van der Waals surface area contributed by atoms with Crippen LogP contribution in [0.15, 0.2) is 18.7 Å². The molecule has 16 heavy (non-hydrogen) atoms. The highest BCUT2D eigenvalue weighted by Gasteiger charge is 2.10. The normalized spacial score (nSPS) is 9.75. The minimum absolute atomic E-state index is 0.105. The molecule has 1 aromatic heterocycles. The Kier molecular flexibility index (Phi) is 5.13. The van der Waals surface area contributed by atoms with E-state index in [1.165, 1.54) is 0 Å². The smallest absolute Gasteiger partial charge is 0.225 e. The van der Waals surface area contributed by atoms with Gasteiger partial charge in [0.15, 0.2) is 0 Å². The fraction of sp³-hybridized carbons (Fsp3) is 0.500. The predicted molar refractivity (Wildman–Crippen MR) is 62.5 cm³/mol. The second kappa shape index (κ2) is 6.67. The highest BCUT2D eigenvalue weighted by Crippen LogP contribution is 1.99. The summed E-state index contributed by atoms with van der Waals surface area (Å²) in [5, 5.41) is 0. The molecule has 0 aliphatic heterocycles. The van der Waals surface area contributed by atoms with Crippen molar-refractivity contribution in [2.45, 2.75) is 26.3 Å². The maximum atomic E-state index is 11.8. The van der Waals surface area contributed by atoms with E-state index in [1.54, 1.807) is 17.4 Å². The molecule has 0 aromatic carbocycles. The van der Waals surface area contributed by atoms with Gasteiger partial charge in [0.25, 0.3) is 0 Å². The molecule has 0 saturated carbocycles. The lowest BCUT2D eigenvalue weighted by molar-refractivity contribution is -0.130. The molecule has 0 saturated heterocycles. The first kappa shape index (κ1) is 12.3. The number of aromatic nitrogens is 2. The van der Waals surface area contributed by atoms with Crippen LogP contribution in [0.1, 0.15) is 19.8 Å². The quantitative estimate of drug-likeness (QED) is 0.673. The van der Waals surface area contributed by atoms with Crippen LogP contribution in [0.4, 0.5) is 0 Å². The second-order valence-electron chi connectivity index (χ2n) is 3.57. The lowest BCUT2D eigenvalue weighted by Crippen LogP contribution is -2.32. The molecule has 4 heteroatoms. The molecule has 4 nitrogen and oxygen atoms in total. The summed E-state index contributed by atoms with van der Waals surface area (Å²) in [6.07, 6.45) is 11.9. The van der Waals surface area contributed by atoms with Gasteiger partial charge < -0.3 is 9.47 Å². The molecule has 0 unspecified atom stereocenters. The summed E-state index contributed by atoms with van der Waals surface area (Å²) in [5.74, 6) is 2.62. The van der Waals surface area contributed by atoms with Crippen molar-refractivity contribution in [3.8, 4) is 12.3 Å². The van der Waals surface area contributed by atoms with Gasteiger partial charge in [-0.05, 0) is 6.42 Å². The van der Waals surface area contributed by atoms with E-state index in [4.69, 9.17) is 6.42 Å². The fourth-order valence-corrected chi connectivity index (χ4v) is 1.47. The van der Waals surface area contributed by atoms with Gasteiger partial charge in [-0.3, -0.25) is 4.79 Å². The molecule has 1 heterocycles. The number of aryl methyl sites for hydroxylation is 1. The summed E-state index contributed by atoms with van der Waals surface area (Å²) in [7, 11) is 0. The van der Waals surface area contributed by atoms with E-state index >= 15 is 0 Å². The Balaban J connectivity index is 2.40. The minimum atomic E-state index is 0.105. The van der Waals surface area contributed by atoms with Crippen LogP contribution >= 0.6 is 0 Å². The van der Waals surface area contributed by atoms with E-state index in [9.17, 15) is 4.79 Å². The average Bonchev–Trinajstić information content (AvgIpc) is 2.78. The Morgan fingerprint density at radius 3 is 3.00 bits per heavy atom. The van der Waals surface area contributed by atoms with Crippen molar-refractivity contribution in [1.82, 2.24) is 14.5 Å². The molecular weight excluding hydrogens is 202 g/mol. The van der Waals surface area contributed by atoms with E-state index in [2.05, 4.69) is 10.9 Å². The van der Waals surface area contributed by atoms with Gasteiger partial charge in [-0.1, -0.05) is 12.8 Å². The van der Waals surface area contributed by atoms with Crippen LogP contribution in [0.25, 0.3) is 0 Å². The zero-order chi connectivity index (χ0) is 11.8. The molecule has 0 atom stereocenters. The first-order valence-electron chi connectivity index (χ1n) is 5.45. The van der Waals surface area contributed by atoms with Gasteiger partial charge in [0.05, 0.1) is 12.9 Å². The largest absolute Gasteiger partial charge is 0.337 e. The highest BCUT2D eigenvalue weighted by molar-refractivity contribution is 5.76. The standard InChI is InChI=1S/C12H17N3O/c1-3-7-15(8-4-2)12(16)5-9-14-10-6-13-11-14/h1,6,10-11H,4-5,7-9H2,2H3. The van der Waals surface area contributed by atoms with E-state index in [0.717, 1.165) is 13.0 Å². The number of terminal acetylenes is 1. The van der Waals surface area contributed by atoms with Crippen LogP contribution in [-0.2, 0) is 11.3 Å². The summed E-state index contributed by atoms with van der Waals surface area (Å²) < 4.78 is 1.89. The van der Waals surface area contributed by atoms with Crippen molar-refractivity contribution in [3.05, 3.63) is 18.7 Å². The van der Waals surface area contributed by atoms with Crippen LogP contribution in [0.5, 0.6) is 0 Å². The molecule has 0 bridgehead atoms. The first-order chi connectivity index (χ1) is 7.77. The number of carbonyl (C=O) groups is 1. The third-order valence-corrected chi connectivity index (χ3v) is 2.27. The maximum Gasteiger partial charge on any atom is 0.225 e. The molecule has 0 aliphatic rings. The van der Waals surface area contributed by atoms with E-state index in [-0.39, 0.29) is 5.91 Å². The van der Waals surface area contributed by atoms with Crippen molar-refractivity contribution >= 4 is 5.91 Å². The molecule has 0 fully saturated rings. The molecule has 1 amide bonds.